The molecule has 1 aromatic carbocycles. The van der Waals surface area contributed by atoms with Gasteiger partial charge in [0, 0.05) is 18.1 Å². The Balaban J connectivity index is 1.83. The average Bonchev–Trinajstić information content (AvgIpc) is 3.09. The first-order valence-corrected chi connectivity index (χ1v) is 11.9. The fourth-order valence-corrected chi connectivity index (χ4v) is 4.64. The summed E-state index contributed by atoms with van der Waals surface area (Å²) in [4.78, 5) is 39.5. The Kier molecular flexibility index (Phi) is 8.93. The van der Waals surface area contributed by atoms with Crippen molar-refractivity contribution in [1.29, 1.82) is 0 Å². The lowest BCUT2D eigenvalue weighted by atomic mass is 9.77. The third-order valence-electron chi connectivity index (χ3n) is 6.46. The number of esters is 1. The normalized spacial score (nSPS) is 21.3. The number of β-lactam (4-membered cyclic amide) rings is 1. The highest BCUT2D eigenvalue weighted by Crippen LogP contribution is 2.48. The summed E-state index contributed by atoms with van der Waals surface area (Å²) >= 11 is 0. The van der Waals surface area contributed by atoms with Gasteiger partial charge < -0.3 is 29.0 Å². The number of benzene rings is 1. The zero-order chi connectivity index (χ0) is 26.4. The van der Waals surface area contributed by atoms with Crippen LogP contribution in [-0.2, 0) is 30.2 Å². The van der Waals surface area contributed by atoms with E-state index in [0.717, 1.165) is 11.1 Å². The molecule has 3 unspecified atom stereocenters. The maximum absolute atomic E-state index is 13.2. The van der Waals surface area contributed by atoms with E-state index in [1.54, 1.807) is 6.92 Å². The number of aliphatic hydroxyl groups excluding tert-OH is 1. The molecular weight excluding hydrogens is 466 g/mol. The van der Waals surface area contributed by atoms with E-state index in [0.29, 0.717) is 17.7 Å². The van der Waals surface area contributed by atoms with E-state index in [2.05, 4.69) is 13.2 Å². The van der Waals surface area contributed by atoms with Crippen LogP contribution in [0.15, 0.2) is 54.8 Å². The number of carbonyl (C=O) groups is 3. The molecule has 0 aromatic heterocycles. The first kappa shape index (κ1) is 27.0. The number of aryl methyl sites for hydroxylation is 1. The van der Waals surface area contributed by atoms with Crippen LogP contribution in [0.25, 0.3) is 0 Å². The minimum Gasteiger partial charge on any atom is -0.489 e. The molecule has 1 amide bonds. The van der Waals surface area contributed by atoms with E-state index in [1.165, 1.54) is 17.1 Å². The molecule has 3 rings (SSSR count). The first-order valence-electron chi connectivity index (χ1n) is 11.9. The second-order valence-corrected chi connectivity index (χ2v) is 8.81. The van der Waals surface area contributed by atoms with Crippen LogP contribution in [0.3, 0.4) is 0 Å². The van der Waals surface area contributed by atoms with Gasteiger partial charge in [0.2, 0.25) is 5.91 Å². The van der Waals surface area contributed by atoms with Crippen LogP contribution in [0.2, 0.25) is 0 Å². The van der Waals surface area contributed by atoms with Crippen molar-refractivity contribution in [2.75, 3.05) is 26.4 Å². The van der Waals surface area contributed by atoms with Crippen molar-refractivity contribution in [3.63, 3.8) is 0 Å². The minimum atomic E-state index is -0.889. The Labute approximate surface area is 211 Å². The molecule has 2 aliphatic rings. The molecule has 36 heavy (non-hydrogen) atoms. The fraction of sp³-hybridized carbons (Fsp3) is 0.444. The summed E-state index contributed by atoms with van der Waals surface area (Å²) in [6, 6.07) is 5.29. The summed E-state index contributed by atoms with van der Waals surface area (Å²) in [5.74, 6) is -1.25. The predicted molar refractivity (Wildman–Crippen MR) is 131 cm³/mol. The summed E-state index contributed by atoms with van der Waals surface area (Å²) in [5, 5.41) is 9.25. The van der Waals surface area contributed by atoms with Gasteiger partial charge in [-0.25, -0.2) is 9.59 Å². The Hall–Kier alpha value is -3.59. The molecule has 194 valence electrons. The van der Waals surface area contributed by atoms with Crippen LogP contribution in [0.5, 0.6) is 5.75 Å². The Morgan fingerprint density at radius 1 is 1.19 bits per heavy atom. The summed E-state index contributed by atoms with van der Waals surface area (Å²) < 4.78 is 21.6. The molecular formula is C27H33NO8. The highest BCUT2D eigenvalue weighted by molar-refractivity contribution is 6.01. The summed E-state index contributed by atoms with van der Waals surface area (Å²) in [6.45, 7) is 12.6. The number of fused-ring (bicyclic) bond motifs is 1. The standard InChI is InChI=1S/C27H33NO8/c1-6-12-33-26(31)24-20(15-35-21-14-19(10-11-29)9-8-16(21)3)17(4)23-22(25(30)28(23)24)18(5)36-27(32)34-13-7-2/h6-9,14,17-18,22-23,29H,1-2,10-13,15H2,3-5H3/t17?,18?,22?,23-/m1/s1. The van der Waals surface area contributed by atoms with Crippen molar-refractivity contribution >= 4 is 18.0 Å². The molecule has 0 aliphatic carbocycles. The van der Waals surface area contributed by atoms with E-state index in [-0.39, 0.29) is 43.9 Å². The molecule has 0 radical (unpaired) electrons. The number of ether oxygens (including phenoxy) is 4. The number of aliphatic hydroxyl groups is 1. The summed E-state index contributed by atoms with van der Waals surface area (Å²) in [5.41, 5.74) is 2.60. The molecule has 0 spiro atoms. The van der Waals surface area contributed by atoms with Crippen molar-refractivity contribution in [2.24, 2.45) is 11.8 Å². The zero-order valence-corrected chi connectivity index (χ0v) is 20.9. The van der Waals surface area contributed by atoms with Gasteiger partial charge in [-0.3, -0.25) is 4.79 Å². The van der Waals surface area contributed by atoms with Gasteiger partial charge in [-0.05, 0) is 37.5 Å². The Morgan fingerprint density at radius 2 is 1.89 bits per heavy atom. The Bertz CT molecular complexity index is 1060. The molecule has 1 saturated heterocycles. The number of rotatable bonds is 12. The van der Waals surface area contributed by atoms with E-state index in [4.69, 9.17) is 18.9 Å². The van der Waals surface area contributed by atoms with Crippen LogP contribution < -0.4 is 4.74 Å². The maximum atomic E-state index is 13.2. The van der Waals surface area contributed by atoms with Gasteiger partial charge in [0.15, 0.2) is 0 Å². The van der Waals surface area contributed by atoms with Gasteiger partial charge in [-0.15, -0.1) is 0 Å². The van der Waals surface area contributed by atoms with Crippen molar-refractivity contribution in [3.05, 3.63) is 65.9 Å². The second-order valence-electron chi connectivity index (χ2n) is 8.81. The zero-order valence-electron chi connectivity index (χ0n) is 20.9. The van der Waals surface area contributed by atoms with Crippen molar-refractivity contribution in [1.82, 2.24) is 4.90 Å². The van der Waals surface area contributed by atoms with E-state index >= 15 is 0 Å². The number of hydrogen-bond acceptors (Lipinski definition) is 8. The van der Waals surface area contributed by atoms with Gasteiger partial charge >= 0.3 is 12.1 Å². The molecule has 1 aromatic rings. The molecule has 9 nitrogen and oxygen atoms in total. The third kappa shape index (κ3) is 5.46. The van der Waals surface area contributed by atoms with E-state index in [9.17, 15) is 19.5 Å². The van der Waals surface area contributed by atoms with Crippen LogP contribution in [-0.4, -0.2) is 66.6 Å². The molecule has 2 aliphatic heterocycles. The Morgan fingerprint density at radius 3 is 2.56 bits per heavy atom. The molecule has 9 heteroatoms. The summed E-state index contributed by atoms with van der Waals surface area (Å²) in [7, 11) is 0. The van der Waals surface area contributed by atoms with Crippen LogP contribution in [0, 0.1) is 18.8 Å². The smallest absolute Gasteiger partial charge is 0.489 e. The van der Waals surface area contributed by atoms with Crippen molar-refractivity contribution < 1.29 is 38.4 Å². The third-order valence-corrected chi connectivity index (χ3v) is 6.46. The predicted octanol–water partition coefficient (Wildman–Crippen LogP) is 3.10. The summed E-state index contributed by atoms with van der Waals surface area (Å²) in [6.07, 6.45) is 1.71. The van der Waals surface area contributed by atoms with Crippen molar-refractivity contribution in [2.45, 2.75) is 39.3 Å². The topological polar surface area (TPSA) is 112 Å². The number of hydrogen-bond donors (Lipinski definition) is 1. The van der Waals surface area contributed by atoms with Crippen LogP contribution >= 0.6 is 0 Å². The largest absolute Gasteiger partial charge is 0.508 e. The van der Waals surface area contributed by atoms with E-state index in [1.807, 2.05) is 32.0 Å². The molecule has 0 bridgehead atoms. The van der Waals surface area contributed by atoms with Gasteiger partial charge in [-0.1, -0.05) is 44.4 Å². The number of amides is 1. The highest BCUT2D eigenvalue weighted by atomic mass is 16.7. The van der Waals surface area contributed by atoms with Gasteiger partial charge in [0.25, 0.3) is 0 Å². The average molecular weight is 500 g/mol. The first-order chi connectivity index (χ1) is 17.2. The number of nitrogens with zero attached hydrogens (tertiary/aromatic N) is 1. The molecule has 4 atom stereocenters. The lowest BCUT2D eigenvalue weighted by Crippen LogP contribution is -2.64. The van der Waals surface area contributed by atoms with Crippen molar-refractivity contribution in [3.8, 4) is 5.75 Å². The van der Waals surface area contributed by atoms with E-state index < -0.39 is 30.2 Å². The highest BCUT2D eigenvalue weighted by Gasteiger charge is 2.61. The second kappa shape index (κ2) is 11.9. The minimum absolute atomic E-state index is 0.00204. The SMILES string of the molecule is C=CCOC(=O)OC(C)C1C(=O)N2C(C(=O)OCC=C)=C(COc3cc(CCO)ccc3C)C(C)[C@H]12. The quantitative estimate of drug-likeness (QED) is 0.265. The molecule has 1 fully saturated rings. The lowest BCUT2D eigenvalue weighted by molar-refractivity contribution is -0.164. The lowest BCUT2D eigenvalue weighted by Gasteiger charge is -2.47. The fourth-order valence-electron chi connectivity index (χ4n) is 4.64. The number of carbonyl (C=O) groups excluding carboxylic acids is 3. The van der Waals surface area contributed by atoms with Crippen LogP contribution in [0.1, 0.15) is 25.0 Å². The van der Waals surface area contributed by atoms with Gasteiger partial charge in [-0.2, -0.15) is 0 Å². The monoisotopic (exact) mass is 499 g/mol. The van der Waals surface area contributed by atoms with Crippen LogP contribution in [0.4, 0.5) is 4.79 Å². The molecule has 2 heterocycles. The van der Waals surface area contributed by atoms with Gasteiger partial charge in [0.1, 0.15) is 37.4 Å². The molecule has 1 N–H and O–H groups in total. The molecule has 0 saturated carbocycles. The van der Waals surface area contributed by atoms with Gasteiger partial charge in [0.05, 0.1) is 12.0 Å². The maximum Gasteiger partial charge on any atom is 0.508 e.